The lowest BCUT2D eigenvalue weighted by molar-refractivity contribution is -0.137. The third-order valence-electron chi connectivity index (χ3n) is 5.34. The van der Waals surface area contributed by atoms with Gasteiger partial charge in [0.15, 0.2) is 0 Å². The maximum Gasteiger partial charge on any atom is 0.417 e. The first-order chi connectivity index (χ1) is 14.7. The molecule has 0 radical (unpaired) electrons. The van der Waals surface area contributed by atoms with E-state index < -0.39 is 11.7 Å². The lowest BCUT2D eigenvalue weighted by Crippen LogP contribution is -2.54. The largest absolute Gasteiger partial charge is 0.496 e. The molecule has 1 fully saturated rings. The number of nitrogens with zero attached hydrogens (tertiary/aromatic N) is 3. The molecule has 1 aromatic carbocycles. The first kappa shape index (κ1) is 23.1. The number of benzene rings is 1. The number of anilines is 1. The van der Waals surface area contributed by atoms with E-state index in [0.717, 1.165) is 17.8 Å². The van der Waals surface area contributed by atoms with Crippen molar-refractivity contribution in [2.24, 2.45) is 0 Å². The van der Waals surface area contributed by atoms with Crippen LogP contribution in [0.1, 0.15) is 18.1 Å². The number of carbonyl (C=O) groups excluding carboxylic acids is 1. The van der Waals surface area contributed by atoms with Crippen LogP contribution in [0.5, 0.6) is 5.75 Å². The minimum absolute atomic E-state index is 0.0362. The fourth-order valence-electron chi connectivity index (χ4n) is 3.48. The van der Waals surface area contributed by atoms with Crippen molar-refractivity contribution in [3.8, 4) is 5.75 Å². The van der Waals surface area contributed by atoms with Crippen LogP contribution in [0.25, 0.3) is 0 Å². The normalized spacial score (nSPS) is 16.1. The van der Waals surface area contributed by atoms with E-state index in [-0.39, 0.29) is 17.0 Å². The van der Waals surface area contributed by atoms with Crippen LogP contribution in [0.15, 0.2) is 36.5 Å². The first-order valence-corrected chi connectivity index (χ1v) is 10.2. The first-order valence-electron chi connectivity index (χ1n) is 9.82. The highest BCUT2D eigenvalue weighted by Gasteiger charge is 2.33. The molecule has 1 amide bonds. The average molecular weight is 457 g/mol. The minimum atomic E-state index is -4.49. The second kappa shape index (κ2) is 9.74. The predicted octanol–water partition coefficient (Wildman–Crippen LogP) is 3.59. The Morgan fingerprint density at radius 1 is 1.26 bits per heavy atom. The molecule has 6 nitrogen and oxygen atoms in total. The van der Waals surface area contributed by atoms with Gasteiger partial charge in [-0.25, -0.2) is 4.98 Å². The van der Waals surface area contributed by atoms with Crippen LogP contribution in [-0.4, -0.2) is 55.1 Å². The molecule has 2 aromatic rings. The van der Waals surface area contributed by atoms with Crippen molar-refractivity contribution < 1.29 is 22.7 Å². The Morgan fingerprint density at radius 2 is 1.94 bits per heavy atom. The average Bonchev–Trinajstić information content (AvgIpc) is 2.76. The number of carbonyl (C=O) groups is 1. The Bertz CT molecular complexity index is 918. The van der Waals surface area contributed by atoms with Crippen molar-refractivity contribution in [2.45, 2.75) is 25.7 Å². The van der Waals surface area contributed by atoms with E-state index in [4.69, 9.17) is 16.3 Å². The van der Waals surface area contributed by atoms with Crippen LogP contribution in [0, 0.1) is 0 Å². The number of ether oxygens (including phenoxy) is 1. The van der Waals surface area contributed by atoms with Crippen LogP contribution in [0.2, 0.25) is 5.02 Å². The topological polar surface area (TPSA) is 57.7 Å². The lowest BCUT2D eigenvalue weighted by Gasteiger charge is -2.38. The smallest absolute Gasteiger partial charge is 0.417 e. The summed E-state index contributed by atoms with van der Waals surface area (Å²) in [6, 6.07) is 8.02. The monoisotopic (exact) mass is 456 g/mol. The third-order valence-corrected chi connectivity index (χ3v) is 5.61. The van der Waals surface area contributed by atoms with Crippen LogP contribution in [-0.2, 0) is 17.5 Å². The lowest BCUT2D eigenvalue weighted by atomic mass is 10.1. The molecule has 1 aliphatic heterocycles. The molecule has 0 bridgehead atoms. The number of methoxy groups -OCH3 is 1. The molecule has 0 saturated carbocycles. The van der Waals surface area contributed by atoms with Crippen LogP contribution < -0.4 is 15.0 Å². The van der Waals surface area contributed by atoms with Crippen molar-refractivity contribution >= 4 is 23.3 Å². The van der Waals surface area contributed by atoms with Gasteiger partial charge in [0.1, 0.15) is 11.6 Å². The number of para-hydroxylation sites is 1. The molecule has 1 atom stereocenters. The Hall–Kier alpha value is -2.52. The summed E-state index contributed by atoms with van der Waals surface area (Å²) in [6.45, 7) is 4.31. The highest BCUT2D eigenvalue weighted by atomic mass is 35.5. The second-order valence-corrected chi connectivity index (χ2v) is 7.66. The van der Waals surface area contributed by atoms with Crippen LogP contribution in [0.3, 0.4) is 0 Å². The van der Waals surface area contributed by atoms with Gasteiger partial charge in [-0.1, -0.05) is 29.8 Å². The summed E-state index contributed by atoms with van der Waals surface area (Å²) in [5.41, 5.74) is 0.0126. The fourth-order valence-corrected chi connectivity index (χ4v) is 3.77. The zero-order valence-corrected chi connectivity index (χ0v) is 18.0. The highest BCUT2D eigenvalue weighted by molar-refractivity contribution is 6.33. The van der Waals surface area contributed by atoms with Crippen LogP contribution >= 0.6 is 11.6 Å². The van der Waals surface area contributed by atoms with Crippen molar-refractivity contribution in [1.29, 1.82) is 0 Å². The molecule has 168 valence electrons. The van der Waals surface area contributed by atoms with Crippen LogP contribution in [0.4, 0.5) is 19.0 Å². The number of aromatic nitrogens is 1. The van der Waals surface area contributed by atoms with Gasteiger partial charge >= 0.3 is 6.18 Å². The quantitative estimate of drug-likeness (QED) is 0.720. The van der Waals surface area contributed by atoms with Gasteiger partial charge in [0.2, 0.25) is 5.91 Å². The molecule has 10 heteroatoms. The van der Waals surface area contributed by atoms with E-state index in [1.807, 2.05) is 41.0 Å². The molecule has 1 aromatic heterocycles. The van der Waals surface area contributed by atoms with Gasteiger partial charge in [0, 0.05) is 44.5 Å². The van der Waals surface area contributed by atoms with E-state index in [2.05, 4.69) is 10.3 Å². The van der Waals surface area contributed by atoms with Crippen molar-refractivity contribution in [3.63, 3.8) is 0 Å². The second-order valence-electron chi connectivity index (χ2n) is 7.26. The summed E-state index contributed by atoms with van der Waals surface area (Å²) >= 11 is 6.05. The van der Waals surface area contributed by atoms with Gasteiger partial charge < -0.3 is 15.0 Å². The van der Waals surface area contributed by atoms with E-state index in [1.54, 1.807) is 7.11 Å². The number of rotatable bonds is 6. The van der Waals surface area contributed by atoms with Gasteiger partial charge in [-0.3, -0.25) is 9.69 Å². The van der Waals surface area contributed by atoms with Gasteiger partial charge in [0.25, 0.3) is 0 Å². The number of amides is 1. The zero-order chi connectivity index (χ0) is 22.6. The van der Waals surface area contributed by atoms with Crippen molar-refractivity contribution in [2.75, 3.05) is 38.2 Å². The summed E-state index contributed by atoms with van der Waals surface area (Å²) in [5, 5.41) is 2.89. The molecule has 0 spiro atoms. The fraction of sp³-hybridized carbons (Fsp3) is 0.429. The highest BCUT2D eigenvalue weighted by Crippen LogP contribution is 2.33. The minimum Gasteiger partial charge on any atom is -0.496 e. The molecule has 3 rings (SSSR count). The Kier molecular flexibility index (Phi) is 7.27. The number of hydrogen-bond donors (Lipinski definition) is 1. The SMILES string of the molecule is COc1ccccc1CNC(=O)[C@H](C)N1CCN(c2ncc(C(F)(F)F)cc2Cl)CC1. The summed E-state index contributed by atoms with van der Waals surface area (Å²) in [7, 11) is 1.58. The Balaban J connectivity index is 1.55. The van der Waals surface area contributed by atoms with Crippen molar-refractivity contribution in [3.05, 3.63) is 52.7 Å². The number of piperazine rings is 1. The van der Waals surface area contributed by atoms with Crippen molar-refractivity contribution in [1.82, 2.24) is 15.2 Å². The number of halogens is 4. The molecule has 0 unspecified atom stereocenters. The Morgan fingerprint density at radius 3 is 2.55 bits per heavy atom. The summed E-state index contributed by atoms with van der Waals surface area (Å²) in [6.07, 6.45) is -3.69. The third kappa shape index (κ3) is 5.59. The van der Waals surface area contributed by atoms with E-state index in [1.165, 1.54) is 0 Å². The zero-order valence-electron chi connectivity index (χ0n) is 17.2. The molecule has 1 saturated heterocycles. The van der Waals surface area contributed by atoms with E-state index in [9.17, 15) is 18.0 Å². The maximum atomic E-state index is 12.8. The standard InChI is InChI=1S/C21H24ClF3N4O2/c1-14(20(30)27-12-15-5-3-4-6-18(15)31-2)28-7-9-29(10-8-28)19-17(22)11-16(13-26-19)21(23,24)25/h3-6,11,13-14H,7-10,12H2,1-2H3,(H,27,30)/t14-/m0/s1. The molecular weight excluding hydrogens is 433 g/mol. The summed E-state index contributed by atoms with van der Waals surface area (Å²) in [5.74, 6) is 0.928. The number of pyridine rings is 1. The number of nitrogens with one attached hydrogen (secondary N) is 1. The van der Waals surface area contributed by atoms with Gasteiger partial charge in [0.05, 0.1) is 23.7 Å². The molecule has 1 aliphatic rings. The van der Waals surface area contributed by atoms with Gasteiger partial charge in [-0.2, -0.15) is 13.2 Å². The maximum absolute atomic E-state index is 12.8. The molecule has 1 N–H and O–H groups in total. The molecule has 31 heavy (non-hydrogen) atoms. The summed E-state index contributed by atoms with van der Waals surface area (Å²) in [4.78, 5) is 20.4. The molecule has 0 aliphatic carbocycles. The number of alkyl halides is 3. The number of hydrogen-bond acceptors (Lipinski definition) is 5. The van der Waals surface area contributed by atoms with E-state index in [0.29, 0.717) is 44.3 Å². The molecule has 2 heterocycles. The summed E-state index contributed by atoms with van der Waals surface area (Å²) < 4.78 is 43.7. The van der Waals surface area contributed by atoms with E-state index >= 15 is 0 Å². The predicted molar refractivity (Wildman–Crippen MR) is 112 cm³/mol. The Labute approximate surface area is 183 Å². The van der Waals surface area contributed by atoms with Gasteiger partial charge in [-0.15, -0.1) is 0 Å². The molecular formula is C21H24ClF3N4O2. The van der Waals surface area contributed by atoms with Gasteiger partial charge in [-0.05, 0) is 19.1 Å².